The van der Waals surface area contributed by atoms with Crippen LogP contribution in [0.5, 0.6) is 6.01 Å². The fourth-order valence-corrected chi connectivity index (χ4v) is 1.29. The van der Waals surface area contributed by atoms with Gasteiger partial charge >= 0.3 is 6.01 Å². The van der Waals surface area contributed by atoms with Gasteiger partial charge in [-0.1, -0.05) is 6.92 Å². The molecule has 0 saturated heterocycles. The molecule has 106 valence electrons. The van der Waals surface area contributed by atoms with Gasteiger partial charge in [-0.05, 0) is 6.42 Å². The summed E-state index contributed by atoms with van der Waals surface area (Å²) in [5.74, 6) is 0.700. The average Bonchev–Trinajstić information content (AvgIpc) is 2.44. The molecular formula is C11H20N6O2. The van der Waals surface area contributed by atoms with Gasteiger partial charge in [0.15, 0.2) is 0 Å². The second-order valence-electron chi connectivity index (χ2n) is 3.90. The quantitative estimate of drug-likeness (QED) is 0.712. The zero-order valence-corrected chi connectivity index (χ0v) is 11.7. The van der Waals surface area contributed by atoms with Crippen molar-refractivity contribution in [2.45, 2.75) is 13.3 Å². The SMILES string of the molecule is CCCNc1nc(OC)nc(N(C)CC(=O)NC)n1. The Labute approximate surface area is 112 Å². The molecule has 1 rings (SSSR count). The number of hydrogen-bond donors (Lipinski definition) is 2. The van der Waals surface area contributed by atoms with Crippen LogP contribution in [-0.2, 0) is 4.79 Å². The number of carbonyl (C=O) groups is 1. The van der Waals surface area contributed by atoms with Gasteiger partial charge in [0.05, 0.1) is 13.7 Å². The minimum atomic E-state index is -0.120. The van der Waals surface area contributed by atoms with Crippen LogP contribution >= 0.6 is 0 Å². The molecule has 0 saturated carbocycles. The van der Waals surface area contributed by atoms with E-state index in [1.165, 1.54) is 7.11 Å². The van der Waals surface area contributed by atoms with E-state index in [0.29, 0.717) is 11.9 Å². The summed E-state index contributed by atoms with van der Waals surface area (Å²) >= 11 is 0. The normalized spacial score (nSPS) is 9.89. The highest BCUT2D eigenvalue weighted by molar-refractivity contribution is 5.80. The molecule has 8 nitrogen and oxygen atoms in total. The van der Waals surface area contributed by atoms with Crippen LogP contribution in [-0.4, -0.2) is 55.2 Å². The Kier molecular flexibility index (Phi) is 5.77. The fourth-order valence-electron chi connectivity index (χ4n) is 1.29. The Morgan fingerprint density at radius 1 is 1.37 bits per heavy atom. The number of amides is 1. The molecule has 0 aromatic carbocycles. The molecule has 1 amide bonds. The van der Waals surface area contributed by atoms with Crippen LogP contribution in [0.15, 0.2) is 0 Å². The number of carbonyl (C=O) groups excluding carboxylic acids is 1. The number of nitrogens with one attached hydrogen (secondary N) is 2. The van der Waals surface area contributed by atoms with Crippen molar-refractivity contribution in [3.05, 3.63) is 0 Å². The van der Waals surface area contributed by atoms with Crippen LogP contribution in [0.4, 0.5) is 11.9 Å². The standard InChI is InChI=1S/C11H20N6O2/c1-5-6-13-9-14-10(16-11(15-9)19-4)17(3)7-8(18)12-2/h5-7H2,1-4H3,(H,12,18)(H,13,14,15,16). The molecule has 0 radical (unpaired) electrons. The van der Waals surface area contributed by atoms with E-state index in [2.05, 4.69) is 25.6 Å². The lowest BCUT2D eigenvalue weighted by atomic mass is 10.5. The van der Waals surface area contributed by atoms with Gasteiger partial charge in [0, 0.05) is 20.6 Å². The van der Waals surface area contributed by atoms with Crippen molar-refractivity contribution in [2.75, 3.05) is 44.5 Å². The second-order valence-corrected chi connectivity index (χ2v) is 3.90. The maximum atomic E-state index is 11.3. The summed E-state index contributed by atoms with van der Waals surface area (Å²) < 4.78 is 5.03. The molecular weight excluding hydrogens is 248 g/mol. The molecule has 0 spiro atoms. The number of likely N-dealkylation sites (N-methyl/N-ethyl adjacent to an activating group) is 2. The van der Waals surface area contributed by atoms with Crippen LogP contribution in [0.1, 0.15) is 13.3 Å². The highest BCUT2D eigenvalue weighted by Gasteiger charge is 2.12. The van der Waals surface area contributed by atoms with Gasteiger partial charge in [0.25, 0.3) is 0 Å². The third-order valence-corrected chi connectivity index (χ3v) is 2.32. The maximum Gasteiger partial charge on any atom is 0.322 e. The average molecular weight is 268 g/mol. The molecule has 0 unspecified atom stereocenters. The van der Waals surface area contributed by atoms with Gasteiger partial charge in [-0.15, -0.1) is 0 Å². The van der Waals surface area contributed by atoms with Crippen molar-refractivity contribution in [3.8, 4) is 6.01 Å². The lowest BCUT2D eigenvalue weighted by Gasteiger charge is -2.17. The predicted molar refractivity (Wildman–Crippen MR) is 72.5 cm³/mol. The van der Waals surface area contributed by atoms with Gasteiger partial charge in [-0.3, -0.25) is 4.79 Å². The molecule has 1 heterocycles. The van der Waals surface area contributed by atoms with E-state index in [4.69, 9.17) is 4.74 Å². The zero-order chi connectivity index (χ0) is 14.3. The highest BCUT2D eigenvalue weighted by atomic mass is 16.5. The minimum Gasteiger partial charge on any atom is -0.467 e. The van der Waals surface area contributed by atoms with Gasteiger partial charge in [-0.2, -0.15) is 15.0 Å². The highest BCUT2D eigenvalue weighted by Crippen LogP contribution is 2.13. The fraction of sp³-hybridized carbons (Fsp3) is 0.636. The van der Waals surface area contributed by atoms with Gasteiger partial charge < -0.3 is 20.3 Å². The summed E-state index contributed by atoms with van der Waals surface area (Å²) in [7, 11) is 4.80. The molecule has 0 aliphatic heterocycles. The van der Waals surface area contributed by atoms with Crippen molar-refractivity contribution in [3.63, 3.8) is 0 Å². The van der Waals surface area contributed by atoms with Crippen LogP contribution in [0.25, 0.3) is 0 Å². The van der Waals surface area contributed by atoms with Crippen molar-refractivity contribution in [1.29, 1.82) is 0 Å². The Balaban J connectivity index is 2.88. The molecule has 0 aliphatic rings. The number of hydrogen-bond acceptors (Lipinski definition) is 7. The number of ether oxygens (including phenoxy) is 1. The summed E-state index contributed by atoms with van der Waals surface area (Å²) in [5.41, 5.74) is 0. The molecule has 0 bridgehead atoms. The summed E-state index contributed by atoms with van der Waals surface area (Å²) in [6.45, 7) is 2.96. The van der Waals surface area contributed by atoms with E-state index in [9.17, 15) is 4.79 Å². The molecule has 1 aromatic rings. The number of methoxy groups -OCH3 is 1. The minimum absolute atomic E-state index is 0.120. The summed E-state index contributed by atoms with van der Waals surface area (Å²) in [6.07, 6.45) is 0.956. The van der Waals surface area contributed by atoms with Crippen molar-refractivity contribution in [1.82, 2.24) is 20.3 Å². The Morgan fingerprint density at radius 2 is 2.11 bits per heavy atom. The molecule has 0 atom stereocenters. The third kappa shape index (κ3) is 4.57. The van der Waals surface area contributed by atoms with Crippen molar-refractivity contribution >= 4 is 17.8 Å². The molecule has 19 heavy (non-hydrogen) atoms. The van der Waals surface area contributed by atoms with Crippen LogP contribution in [0, 0.1) is 0 Å². The van der Waals surface area contributed by atoms with Crippen LogP contribution in [0.3, 0.4) is 0 Å². The summed E-state index contributed by atoms with van der Waals surface area (Å²) in [5, 5.41) is 5.61. The van der Waals surface area contributed by atoms with E-state index < -0.39 is 0 Å². The third-order valence-electron chi connectivity index (χ3n) is 2.32. The van der Waals surface area contributed by atoms with Gasteiger partial charge in [-0.25, -0.2) is 0 Å². The lowest BCUT2D eigenvalue weighted by Crippen LogP contribution is -2.34. The van der Waals surface area contributed by atoms with Crippen LogP contribution < -0.4 is 20.3 Å². The first-order chi connectivity index (χ1) is 9.10. The summed E-state index contributed by atoms with van der Waals surface area (Å²) in [6, 6.07) is 0.215. The van der Waals surface area contributed by atoms with Crippen LogP contribution in [0.2, 0.25) is 0 Å². The first kappa shape index (κ1) is 14.9. The van der Waals surface area contributed by atoms with E-state index in [1.807, 2.05) is 6.92 Å². The first-order valence-corrected chi connectivity index (χ1v) is 6.06. The number of nitrogens with zero attached hydrogens (tertiary/aromatic N) is 4. The maximum absolute atomic E-state index is 11.3. The van der Waals surface area contributed by atoms with E-state index in [1.54, 1.807) is 19.0 Å². The van der Waals surface area contributed by atoms with Crippen molar-refractivity contribution < 1.29 is 9.53 Å². The topological polar surface area (TPSA) is 92.3 Å². The lowest BCUT2D eigenvalue weighted by molar-refractivity contribution is -0.119. The number of aromatic nitrogens is 3. The largest absolute Gasteiger partial charge is 0.467 e. The summed E-state index contributed by atoms with van der Waals surface area (Å²) in [4.78, 5) is 25.4. The van der Waals surface area contributed by atoms with E-state index in [-0.39, 0.29) is 18.5 Å². The number of anilines is 2. The smallest absolute Gasteiger partial charge is 0.322 e. The Morgan fingerprint density at radius 3 is 2.68 bits per heavy atom. The molecule has 0 fully saturated rings. The van der Waals surface area contributed by atoms with E-state index in [0.717, 1.165) is 13.0 Å². The monoisotopic (exact) mass is 268 g/mol. The first-order valence-electron chi connectivity index (χ1n) is 6.06. The Bertz CT molecular complexity index is 426. The Hall–Kier alpha value is -2.12. The zero-order valence-electron chi connectivity index (χ0n) is 11.7. The molecule has 8 heteroatoms. The number of rotatable bonds is 7. The second kappa shape index (κ2) is 7.34. The van der Waals surface area contributed by atoms with Crippen molar-refractivity contribution in [2.24, 2.45) is 0 Å². The predicted octanol–water partition coefficient (Wildman–Crippen LogP) is -0.116. The van der Waals surface area contributed by atoms with E-state index >= 15 is 0 Å². The molecule has 0 aliphatic carbocycles. The molecule has 2 N–H and O–H groups in total. The van der Waals surface area contributed by atoms with Gasteiger partial charge in [0.1, 0.15) is 0 Å². The molecule has 1 aromatic heterocycles. The van der Waals surface area contributed by atoms with Gasteiger partial charge in [0.2, 0.25) is 17.8 Å².